The molecule has 3 N–H and O–H groups in total. The smallest absolute Gasteiger partial charge is 0.319 e. The molecule has 3 nitrogen and oxygen atoms in total. The average molecular weight is 265 g/mol. The number of hydrogen-bond donors (Lipinski definition) is 2. The summed E-state index contributed by atoms with van der Waals surface area (Å²) in [6, 6.07) is 6.49. The largest absolute Gasteiger partial charge is 0.480 e. The molecule has 0 heterocycles. The van der Waals surface area contributed by atoms with Gasteiger partial charge >= 0.3 is 5.97 Å². The monoisotopic (exact) mass is 265 g/mol. The minimum absolute atomic E-state index is 0.270. The van der Waals surface area contributed by atoms with E-state index in [1.807, 2.05) is 6.07 Å². The van der Waals surface area contributed by atoms with Crippen LogP contribution in [-0.4, -0.2) is 21.9 Å². The highest BCUT2D eigenvalue weighted by Gasteiger charge is 2.28. The van der Waals surface area contributed by atoms with Crippen molar-refractivity contribution < 1.29 is 9.90 Å². The summed E-state index contributed by atoms with van der Waals surface area (Å²) in [5.41, 5.74) is 8.58. The Morgan fingerprint density at radius 2 is 2.17 bits per heavy atom. The van der Waals surface area contributed by atoms with Crippen LogP contribution in [0.15, 0.2) is 23.1 Å². The summed E-state index contributed by atoms with van der Waals surface area (Å²) < 4.78 is -0.792. The third kappa shape index (κ3) is 2.87. The van der Waals surface area contributed by atoms with E-state index in [1.165, 1.54) is 22.9 Å². The molecule has 1 aromatic carbocycles. The highest BCUT2D eigenvalue weighted by molar-refractivity contribution is 8.01. The number of carboxylic acid groups (broad SMARTS) is 1. The molecule has 0 fully saturated rings. The second kappa shape index (κ2) is 4.94. The second-order valence-corrected chi connectivity index (χ2v) is 7.05. The van der Waals surface area contributed by atoms with E-state index in [4.69, 9.17) is 10.8 Å². The molecule has 0 bridgehead atoms. The van der Waals surface area contributed by atoms with Gasteiger partial charge in [-0.1, -0.05) is 6.07 Å². The molecule has 18 heavy (non-hydrogen) atoms. The Morgan fingerprint density at radius 1 is 1.44 bits per heavy atom. The second-order valence-electron chi connectivity index (χ2n) is 5.35. The Balaban J connectivity index is 2.19. The maximum Gasteiger partial charge on any atom is 0.319 e. The van der Waals surface area contributed by atoms with Crippen LogP contribution in [0.4, 0.5) is 0 Å². The van der Waals surface area contributed by atoms with Crippen LogP contribution in [0.5, 0.6) is 0 Å². The van der Waals surface area contributed by atoms with Gasteiger partial charge in [-0.25, -0.2) is 0 Å². The van der Waals surface area contributed by atoms with E-state index < -0.39 is 10.7 Å². The van der Waals surface area contributed by atoms with Crippen molar-refractivity contribution in [2.75, 3.05) is 0 Å². The van der Waals surface area contributed by atoms with E-state index in [2.05, 4.69) is 12.1 Å². The Hall–Kier alpha value is -1.00. The number of benzene rings is 1. The summed E-state index contributed by atoms with van der Waals surface area (Å²) in [5.74, 6) is -0.785. The van der Waals surface area contributed by atoms with Gasteiger partial charge in [0.15, 0.2) is 0 Å². The molecule has 0 aromatic heterocycles. The zero-order valence-corrected chi connectivity index (χ0v) is 11.6. The van der Waals surface area contributed by atoms with Crippen molar-refractivity contribution >= 4 is 17.7 Å². The van der Waals surface area contributed by atoms with Crippen LogP contribution in [0.25, 0.3) is 0 Å². The van der Waals surface area contributed by atoms with Gasteiger partial charge in [0, 0.05) is 10.9 Å². The summed E-state index contributed by atoms with van der Waals surface area (Å²) in [7, 11) is 0. The number of rotatable bonds is 3. The number of fused-ring (bicyclic) bond motifs is 1. The molecule has 0 radical (unpaired) electrons. The molecular formula is C14H19NO2S. The average Bonchev–Trinajstić information content (AvgIpc) is 2.28. The highest BCUT2D eigenvalue weighted by atomic mass is 32.2. The van der Waals surface area contributed by atoms with Crippen LogP contribution < -0.4 is 5.73 Å². The van der Waals surface area contributed by atoms with Gasteiger partial charge in [0.2, 0.25) is 0 Å². The zero-order chi connectivity index (χ0) is 13.3. The van der Waals surface area contributed by atoms with Crippen LogP contribution in [-0.2, 0) is 17.6 Å². The van der Waals surface area contributed by atoms with Crippen LogP contribution >= 0.6 is 11.8 Å². The van der Waals surface area contributed by atoms with Gasteiger partial charge in [0.25, 0.3) is 0 Å². The number of carboxylic acids is 1. The standard InChI is InChI=1S/C14H19NO2S/c1-14(2,13(16)17)18-12-6-4-9-7-11(15)5-3-10(9)8-12/h4,6,8,11H,3,5,7,15H2,1-2H3,(H,16,17). The number of aliphatic carboxylic acids is 1. The Labute approximate surface area is 112 Å². The number of carbonyl (C=O) groups is 1. The zero-order valence-electron chi connectivity index (χ0n) is 10.8. The maximum atomic E-state index is 11.1. The van der Waals surface area contributed by atoms with Crippen molar-refractivity contribution in [1.82, 2.24) is 0 Å². The van der Waals surface area contributed by atoms with Crippen molar-refractivity contribution in [2.45, 2.75) is 48.8 Å². The molecule has 0 saturated carbocycles. The number of aryl methyl sites for hydroxylation is 1. The summed E-state index contributed by atoms with van der Waals surface area (Å²) in [4.78, 5) is 12.1. The van der Waals surface area contributed by atoms with Crippen molar-refractivity contribution in [1.29, 1.82) is 0 Å². The van der Waals surface area contributed by atoms with Crippen LogP contribution in [0, 0.1) is 0 Å². The molecule has 2 rings (SSSR count). The summed E-state index contributed by atoms with van der Waals surface area (Å²) in [6.45, 7) is 3.46. The van der Waals surface area contributed by atoms with E-state index in [9.17, 15) is 4.79 Å². The maximum absolute atomic E-state index is 11.1. The number of hydrogen-bond acceptors (Lipinski definition) is 3. The van der Waals surface area contributed by atoms with Crippen molar-refractivity contribution in [3.63, 3.8) is 0 Å². The van der Waals surface area contributed by atoms with E-state index in [0.29, 0.717) is 0 Å². The molecular weight excluding hydrogens is 246 g/mol. The Kier molecular flexibility index (Phi) is 3.69. The first-order valence-corrected chi connectivity index (χ1v) is 7.00. The molecule has 1 aromatic rings. The highest BCUT2D eigenvalue weighted by Crippen LogP contribution is 2.34. The summed E-state index contributed by atoms with van der Waals surface area (Å²) >= 11 is 1.40. The molecule has 0 aliphatic heterocycles. The Bertz CT molecular complexity index is 471. The fraction of sp³-hybridized carbons (Fsp3) is 0.500. The van der Waals surface area contributed by atoms with Crippen molar-refractivity contribution in [3.05, 3.63) is 29.3 Å². The lowest BCUT2D eigenvalue weighted by Gasteiger charge is -2.23. The number of nitrogens with two attached hydrogens (primary N) is 1. The first kappa shape index (κ1) is 13.4. The van der Waals surface area contributed by atoms with Gasteiger partial charge in [0.05, 0.1) is 0 Å². The number of thioether (sulfide) groups is 1. The summed E-state index contributed by atoms with van der Waals surface area (Å²) in [5, 5.41) is 9.14. The van der Waals surface area contributed by atoms with Crippen molar-refractivity contribution in [3.8, 4) is 0 Å². The van der Waals surface area contributed by atoms with Crippen LogP contribution in [0.1, 0.15) is 31.4 Å². The lowest BCUT2D eigenvalue weighted by molar-refractivity contribution is -0.138. The minimum atomic E-state index is -0.792. The van der Waals surface area contributed by atoms with Crippen LogP contribution in [0.3, 0.4) is 0 Å². The molecule has 0 saturated heterocycles. The lowest BCUT2D eigenvalue weighted by atomic mass is 9.89. The molecule has 0 amide bonds. The van der Waals surface area contributed by atoms with E-state index >= 15 is 0 Å². The quantitative estimate of drug-likeness (QED) is 0.824. The molecule has 1 atom stereocenters. The molecule has 1 unspecified atom stereocenters. The summed E-state index contributed by atoms with van der Waals surface area (Å²) in [6.07, 6.45) is 2.95. The molecule has 1 aliphatic carbocycles. The fourth-order valence-electron chi connectivity index (χ4n) is 2.16. The third-order valence-electron chi connectivity index (χ3n) is 3.33. The predicted octanol–water partition coefficient (Wildman–Crippen LogP) is 2.46. The third-order valence-corrected chi connectivity index (χ3v) is 4.51. The van der Waals surface area contributed by atoms with Crippen LogP contribution in [0.2, 0.25) is 0 Å². The van der Waals surface area contributed by atoms with Gasteiger partial charge in [-0.2, -0.15) is 0 Å². The van der Waals surface area contributed by atoms with Gasteiger partial charge in [-0.05, 0) is 56.4 Å². The molecule has 1 aliphatic rings. The molecule has 0 spiro atoms. The lowest BCUT2D eigenvalue weighted by Crippen LogP contribution is -2.28. The van der Waals surface area contributed by atoms with Gasteiger partial charge in [-0.3, -0.25) is 4.79 Å². The van der Waals surface area contributed by atoms with Gasteiger partial charge in [0.1, 0.15) is 4.75 Å². The molecule has 98 valence electrons. The normalized spacial score (nSPS) is 19.4. The minimum Gasteiger partial charge on any atom is -0.480 e. The van der Waals surface area contributed by atoms with Gasteiger partial charge in [-0.15, -0.1) is 11.8 Å². The van der Waals surface area contributed by atoms with Crippen molar-refractivity contribution in [2.24, 2.45) is 5.73 Å². The van der Waals surface area contributed by atoms with E-state index in [1.54, 1.807) is 13.8 Å². The molecule has 4 heteroatoms. The van der Waals surface area contributed by atoms with Gasteiger partial charge < -0.3 is 10.8 Å². The first-order chi connectivity index (χ1) is 8.38. The van der Waals surface area contributed by atoms with E-state index in [0.717, 1.165) is 24.2 Å². The fourth-order valence-corrected chi connectivity index (χ4v) is 3.18. The Morgan fingerprint density at radius 3 is 2.83 bits per heavy atom. The predicted molar refractivity (Wildman–Crippen MR) is 74.0 cm³/mol. The van der Waals surface area contributed by atoms with E-state index in [-0.39, 0.29) is 6.04 Å². The topological polar surface area (TPSA) is 63.3 Å². The SMILES string of the molecule is CC(C)(Sc1ccc2c(c1)CCC(N)C2)C(=O)O. The first-order valence-electron chi connectivity index (χ1n) is 6.18.